The van der Waals surface area contributed by atoms with E-state index in [4.69, 9.17) is 16.7 Å². The number of hydrogen-bond acceptors (Lipinski definition) is 5. The molecule has 1 unspecified atom stereocenters. The highest BCUT2D eigenvalue weighted by Gasteiger charge is 2.16. The van der Waals surface area contributed by atoms with Gasteiger partial charge < -0.3 is 10.0 Å². The minimum Gasteiger partial charge on any atom is -0.393 e. The summed E-state index contributed by atoms with van der Waals surface area (Å²) in [4.78, 5) is 13.2. The third-order valence-electron chi connectivity index (χ3n) is 1.81. The quantitative estimate of drug-likeness (QED) is 0.866. The fourth-order valence-electron chi connectivity index (χ4n) is 0.937. The van der Waals surface area contributed by atoms with Crippen LogP contribution in [0.1, 0.15) is 23.1 Å². The van der Waals surface area contributed by atoms with Crippen LogP contribution < -0.4 is 0 Å². The molecule has 5 nitrogen and oxygen atoms in total. The summed E-state index contributed by atoms with van der Waals surface area (Å²) >= 11 is 6.62. The second kappa shape index (κ2) is 5.39. The molecule has 1 amide bonds. The van der Waals surface area contributed by atoms with E-state index in [2.05, 4.69) is 10.2 Å². The van der Waals surface area contributed by atoms with Gasteiger partial charge in [0.25, 0.3) is 5.91 Å². The van der Waals surface area contributed by atoms with E-state index in [-0.39, 0.29) is 15.4 Å². The van der Waals surface area contributed by atoms with Gasteiger partial charge in [0.2, 0.25) is 9.47 Å². The van der Waals surface area contributed by atoms with Gasteiger partial charge in [-0.2, -0.15) is 0 Å². The maximum atomic E-state index is 11.7. The standard InChI is InChI=1S/C8H12ClN3O2S/c1-5(13)3-4-12(2)7(14)6-10-11-8(9)15-6/h5,13H,3-4H2,1-2H3. The third-order valence-corrected chi connectivity index (χ3v) is 2.82. The molecule has 1 rings (SSSR count). The van der Waals surface area contributed by atoms with Crippen molar-refractivity contribution in [1.29, 1.82) is 0 Å². The van der Waals surface area contributed by atoms with Crippen LogP contribution in [0.4, 0.5) is 0 Å². The molecule has 0 aliphatic carbocycles. The average Bonchev–Trinajstić information content (AvgIpc) is 2.60. The number of amides is 1. The molecule has 15 heavy (non-hydrogen) atoms. The molecule has 0 aliphatic heterocycles. The van der Waals surface area contributed by atoms with Crippen molar-refractivity contribution in [3.63, 3.8) is 0 Å². The molecule has 0 aliphatic rings. The topological polar surface area (TPSA) is 66.3 Å². The van der Waals surface area contributed by atoms with Gasteiger partial charge in [0.1, 0.15) is 0 Å². The van der Waals surface area contributed by atoms with Gasteiger partial charge in [-0.1, -0.05) is 11.3 Å². The summed E-state index contributed by atoms with van der Waals surface area (Å²) in [5, 5.41) is 16.5. The molecule has 1 atom stereocenters. The van der Waals surface area contributed by atoms with Gasteiger partial charge in [-0.3, -0.25) is 4.79 Å². The van der Waals surface area contributed by atoms with E-state index in [1.165, 1.54) is 4.90 Å². The van der Waals surface area contributed by atoms with E-state index in [0.29, 0.717) is 13.0 Å². The first-order chi connectivity index (χ1) is 7.00. The van der Waals surface area contributed by atoms with Crippen molar-refractivity contribution >= 4 is 28.8 Å². The second-order valence-corrected chi connectivity index (χ2v) is 4.78. The summed E-state index contributed by atoms with van der Waals surface area (Å²) in [5.41, 5.74) is 0. The van der Waals surface area contributed by atoms with E-state index >= 15 is 0 Å². The summed E-state index contributed by atoms with van der Waals surface area (Å²) < 4.78 is 0.252. The molecule has 0 bridgehead atoms. The van der Waals surface area contributed by atoms with E-state index in [1.807, 2.05) is 0 Å². The first kappa shape index (κ1) is 12.4. The van der Waals surface area contributed by atoms with Gasteiger partial charge in [-0.05, 0) is 24.9 Å². The Balaban J connectivity index is 2.53. The van der Waals surface area contributed by atoms with Gasteiger partial charge in [-0.15, -0.1) is 10.2 Å². The fourth-order valence-corrected chi connectivity index (χ4v) is 1.76. The number of hydrogen-bond donors (Lipinski definition) is 1. The van der Waals surface area contributed by atoms with E-state index in [9.17, 15) is 4.79 Å². The Morgan fingerprint density at radius 1 is 1.67 bits per heavy atom. The van der Waals surface area contributed by atoms with Gasteiger partial charge in [0.15, 0.2) is 0 Å². The number of aliphatic hydroxyl groups is 1. The number of carbonyl (C=O) groups excluding carboxylic acids is 1. The first-order valence-electron chi connectivity index (χ1n) is 4.43. The highest BCUT2D eigenvalue weighted by molar-refractivity contribution is 7.17. The number of rotatable bonds is 4. The van der Waals surface area contributed by atoms with Crippen LogP contribution in [0.2, 0.25) is 4.47 Å². The summed E-state index contributed by atoms with van der Waals surface area (Å²) in [6.07, 6.45) is 0.118. The van der Waals surface area contributed by atoms with Gasteiger partial charge in [0, 0.05) is 13.6 Å². The normalized spacial score (nSPS) is 12.5. The summed E-state index contributed by atoms with van der Waals surface area (Å²) in [6, 6.07) is 0. The van der Waals surface area contributed by atoms with Gasteiger partial charge >= 0.3 is 0 Å². The molecule has 0 aromatic carbocycles. The minimum atomic E-state index is -0.418. The number of carbonyl (C=O) groups is 1. The van der Waals surface area contributed by atoms with E-state index < -0.39 is 6.10 Å². The molecule has 1 N–H and O–H groups in total. The lowest BCUT2D eigenvalue weighted by atomic mass is 10.3. The lowest BCUT2D eigenvalue weighted by Gasteiger charge is -2.15. The summed E-state index contributed by atoms with van der Waals surface area (Å²) in [5.74, 6) is -0.222. The molecule has 0 spiro atoms. The second-order valence-electron chi connectivity index (χ2n) is 3.22. The lowest BCUT2D eigenvalue weighted by Crippen LogP contribution is -2.29. The predicted octanol–water partition coefficient (Wildman–Crippen LogP) is 1.03. The average molecular weight is 250 g/mol. The van der Waals surface area contributed by atoms with Crippen LogP contribution >= 0.6 is 22.9 Å². The predicted molar refractivity (Wildman–Crippen MR) is 58.2 cm³/mol. The maximum Gasteiger partial charge on any atom is 0.284 e. The maximum absolute atomic E-state index is 11.7. The Morgan fingerprint density at radius 3 is 2.80 bits per heavy atom. The highest BCUT2D eigenvalue weighted by atomic mass is 35.5. The van der Waals surface area contributed by atoms with Crippen LogP contribution in [0.3, 0.4) is 0 Å². The smallest absolute Gasteiger partial charge is 0.284 e. The largest absolute Gasteiger partial charge is 0.393 e. The van der Waals surface area contributed by atoms with Crippen LogP contribution in [0, 0.1) is 0 Å². The molecule has 1 aromatic heterocycles. The zero-order valence-electron chi connectivity index (χ0n) is 8.47. The van der Waals surface area contributed by atoms with Crippen molar-refractivity contribution in [2.45, 2.75) is 19.4 Å². The van der Waals surface area contributed by atoms with Crippen LogP contribution in [0.15, 0.2) is 0 Å². The number of nitrogens with zero attached hydrogens (tertiary/aromatic N) is 3. The van der Waals surface area contributed by atoms with Crippen LogP contribution in [-0.2, 0) is 0 Å². The Morgan fingerprint density at radius 2 is 2.33 bits per heavy atom. The molecule has 84 valence electrons. The fraction of sp³-hybridized carbons (Fsp3) is 0.625. The number of halogens is 1. The van der Waals surface area contributed by atoms with Gasteiger partial charge in [-0.25, -0.2) is 0 Å². The minimum absolute atomic E-state index is 0.222. The molecule has 7 heteroatoms. The lowest BCUT2D eigenvalue weighted by molar-refractivity contribution is 0.0768. The van der Waals surface area contributed by atoms with Crippen molar-refractivity contribution in [3.05, 3.63) is 9.47 Å². The zero-order chi connectivity index (χ0) is 11.4. The van der Waals surface area contributed by atoms with E-state index in [1.54, 1.807) is 14.0 Å². The molecule has 0 fully saturated rings. The Bertz CT molecular complexity index is 342. The molecule has 0 saturated heterocycles. The molecule has 1 aromatic rings. The van der Waals surface area contributed by atoms with Crippen LogP contribution in [0.25, 0.3) is 0 Å². The van der Waals surface area contributed by atoms with Crippen LogP contribution in [0.5, 0.6) is 0 Å². The van der Waals surface area contributed by atoms with E-state index in [0.717, 1.165) is 11.3 Å². The Labute approximate surface area is 96.7 Å². The van der Waals surface area contributed by atoms with Crippen molar-refractivity contribution in [3.8, 4) is 0 Å². The third kappa shape index (κ3) is 3.73. The first-order valence-corrected chi connectivity index (χ1v) is 5.62. The van der Waals surface area contributed by atoms with Crippen molar-refractivity contribution < 1.29 is 9.90 Å². The molecular formula is C8H12ClN3O2S. The van der Waals surface area contributed by atoms with Crippen molar-refractivity contribution in [1.82, 2.24) is 15.1 Å². The Kier molecular flexibility index (Phi) is 4.44. The van der Waals surface area contributed by atoms with Crippen LogP contribution in [-0.4, -0.2) is 45.8 Å². The molecule has 0 saturated carbocycles. The Hall–Kier alpha value is -0.720. The molecule has 1 heterocycles. The SMILES string of the molecule is CC(O)CCN(C)C(=O)c1nnc(Cl)s1. The highest BCUT2D eigenvalue weighted by Crippen LogP contribution is 2.16. The van der Waals surface area contributed by atoms with Gasteiger partial charge in [0.05, 0.1) is 6.10 Å². The summed E-state index contributed by atoms with van der Waals surface area (Å²) in [6.45, 7) is 2.16. The van der Waals surface area contributed by atoms with Crippen molar-refractivity contribution in [2.75, 3.05) is 13.6 Å². The monoisotopic (exact) mass is 249 g/mol. The number of aliphatic hydroxyl groups excluding tert-OH is 1. The summed E-state index contributed by atoms with van der Waals surface area (Å²) in [7, 11) is 1.65. The molecular weight excluding hydrogens is 238 g/mol. The van der Waals surface area contributed by atoms with Crippen molar-refractivity contribution in [2.24, 2.45) is 0 Å². The zero-order valence-corrected chi connectivity index (χ0v) is 10.0. The number of aromatic nitrogens is 2. The molecule has 0 radical (unpaired) electrons.